The van der Waals surface area contributed by atoms with Gasteiger partial charge in [0.1, 0.15) is 28.1 Å². The molecule has 2 fully saturated rings. The van der Waals surface area contributed by atoms with E-state index in [1.54, 1.807) is 12.1 Å². The molecule has 2 saturated heterocycles. The molecule has 0 spiro atoms. The van der Waals surface area contributed by atoms with Crippen LogP contribution in [-0.2, 0) is 11.3 Å². The number of rotatable bonds is 9. The molecule has 2 aliphatic rings. The Bertz CT molecular complexity index is 1750. The first kappa shape index (κ1) is 31.9. The van der Waals surface area contributed by atoms with E-state index in [1.165, 1.54) is 52.7 Å². The normalized spacial score (nSPS) is 16.5. The molecular formula is C33H36F2N6O4S. The summed E-state index contributed by atoms with van der Waals surface area (Å²) in [6, 6.07) is 8.51. The number of nitrogens with zero attached hydrogens (tertiary/aromatic N) is 5. The standard InChI is InChI=1S/C33H36F2N6O4S/c1-20(2)32-38-39-33(46-32)25-4-3-24(16-28(25)35)45-29-17-26(27(34)15-21(29)18-41-19-36-10-5-30(41)42)31(43)37-22-6-11-40(12-7-22)23-8-13-44-14-9-23/h3-5,10,15-17,19-20,22-23H,6-9,11-14,18H2,1-2H3,(H,37,43). The van der Waals surface area contributed by atoms with E-state index in [9.17, 15) is 9.59 Å². The lowest BCUT2D eigenvalue weighted by atomic mass is 9.99. The van der Waals surface area contributed by atoms with Gasteiger partial charge < -0.3 is 19.7 Å². The predicted octanol–water partition coefficient (Wildman–Crippen LogP) is 5.38. The first-order valence-electron chi connectivity index (χ1n) is 15.5. The van der Waals surface area contributed by atoms with Crippen molar-refractivity contribution < 1.29 is 23.0 Å². The number of hydrogen-bond acceptors (Lipinski definition) is 9. The molecule has 0 bridgehead atoms. The predicted molar refractivity (Wildman–Crippen MR) is 169 cm³/mol. The second-order valence-electron chi connectivity index (χ2n) is 12.0. The summed E-state index contributed by atoms with van der Waals surface area (Å²) in [6.45, 7) is 7.15. The number of aromatic nitrogens is 4. The number of halogens is 2. The van der Waals surface area contributed by atoms with Gasteiger partial charge in [-0.1, -0.05) is 25.2 Å². The van der Waals surface area contributed by atoms with Gasteiger partial charge in [0.15, 0.2) is 5.01 Å². The lowest BCUT2D eigenvalue weighted by Crippen LogP contribution is -2.49. The van der Waals surface area contributed by atoms with Gasteiger partial charge in [-0.3, -0.25) is 14.2 Å². The summed E-state index contributed by atoms with van der Waals surface area (Å²) in [5.41, 5.74) is 0.0184. The maximum absolute atomic E-state index is 15.5. The minimum atomic E-state index is -0.754. The zero-order valence-electron chi connectivity index (χ0n) is 25.7. The van der Waals surface area contributed by atoms with Gasteiger partial charge >= 0.3 is 0 Å². The van der Waals surface area contributed by atoms with Crippen LogP contribution in [0, 0.1) is 11.6 Å². The summed E-state index contributed by atoms with van der Waals surface area (Å²) in [7, 11) is 0. The highest BCUT2D eigenvalue weighted by Gasteiger charge is 2.28. The molecule has 0 saturated carbocycles. The van der Waals surface area contributed by atoms with Gasteiger partial charge in [0, 0.05) is 73.8 Å². The number of benzene rings is 2. The van der Waals surface area contributed by atoms with Crippen LogP contribution in [0.4, 0.5) is 8.78 Å². The first-order chi connectivity index (χ1) is 22.2. The van der Waals surface area contributed by atoms with E-state index in [0.29, 0.717) is 11.0 Å². The number of likely N-dealkylation sites (tertiary alicyclic amines) is 1. The van der Waals surface area contributed by atoms with E-state index < -0.39 is 17.5 Å². The highest BCUT2D eigenvalue weighted by molar-refractivity contribution is 7.14. The molecule has 13 heteroatoms. The molecule has 4 aromatic rings. The smallest absolute Gasteiger partial charge is 0.254 e. The average molecular weight is 651 g/mol. The minimum Gasteiger partial charge on any atom is -0.457 e. The molecule has 0 radical (unpaired) electrons. The van der Waals surface area contributed by atoms with Crippen molar-refractivity contribution in [2.75, 3.05) is 26.3 Å². The van der Waals surface area contributed by atoms with Gasteiger partial charge in [-0.2, -0.15) is 0 Å². The van der Waals surface area contributed by atoms with Crippen LogP contribution in [0.1, 0.15) is 66.4 Å². The van der Waals surface area contributed by atoms with Crippen LogP contribution >= 0.6 is 11.3 Å². The highest BCUT2D eigenvalue weighted by atomic mass is 32.1. The Morgan fingerprint density at radius 2 is 1.85 bits per heavy atom. The third-order valence-corrected chi connectivity index (χ3v) is 9.69. The summed E-state index contributed by atoms with van der Waals surface area (Å²) in [6.07, 6.45) is 6.24. The summed E-state index contributed by atoms with van der Waals surface area (Å²) in [5, 5.41) is 12.5. The van der Waals surface area contributed by atoms with Crippen molar-refractivity contribution in [1.82, 2.24) is 30.0 Å². The monoisotopic (exact) mass is 650 g/mol. The zero-order valence-corrected chi connectivity index (χ0v) is 26.6. The van der Waals surface area contributed by atoms with Crippen LogP contribution in [-0.4, -0.2) is 68.9 Å². The molecule has 2 aromatic heterocycles. The van der Waals surface area contributed by atoms with Gasteiger partial charge in [-0.15, -0.1) is 10.2 Å². The molecule has 1 amide bonds. The van der Waals surface area contributed by atoms with E-state index in [0.717, 1.165) is 57.0 Å². The molecule has 0 atom stereocenters. The maximum atomic E-state index is 15.5. The summed E-state index contributed by atoms with van der Waals surface area (Å²) >= 11 is 1.32. The Morgan fingerprint density at radius 3 is 2.54 bits per heavy atom. The number of ether oxygens (including phenoxy) is 2. The number of piperidine rings is 1. The van der Waals surface area contributed by atoms with Gasteiger partial charge in [-0.05, 0) is 49.9 Å². The fraction of sp³-hybridized carbons (Fsp3) is 0.424. The molecule has 10 nitrogen and oxygen atoms in total. The third-order valence-electron chi connectivity index (χ3n) is 8.43. The lowest BCUT2D eigenvalue weighted by molar-refractivity contribution is 0.0238. The SMILES string of the molecule is CC(C)c1nnc(-c2ccc(Oc3cc(C(=O)NC4CCN(C5CCOCC5)CC4)c(F)cc3Cn3cnccc3=O)cc2F)s1. The van der Waals surface area contributed by atoms with Crippen LogP contribution in [0.2, 0.25) is 0 Å². The zero-order chi connectivity index (χ0) is 32.2. The molecule has 6 rings (SSSR count). The average Bonchev–Trinajstić information content (AvgIpc) is 3.55. The molecular weight excluding hydrogens is 614 g/mol. The molecule has 2 aromatic carbocycles. The molecule has 0 unspecified atom stereocenters. The Labute approximate surface area is 269 Å². The second kappa shape index (κ2) is 14.1. The van der Waals surface area contributed by atoms with Crippen molar-refractivity contribution in [2.24, 2.45) is 0 Å². The largest absolute Gasteiger partial charge is 0.457 e. The van der Waals surface area contributed by atoms with Crippen molar-refractivity contribution in [3.8, 4) is 22.1 Å². The molecule has 1 N–H and O–H groups in total. The summed E-state index contributed by atoms with van der Waals surface area (Å²) < 4.78 is 43.7. The van der Waals surface area contributed by atoms with Crippen molar-refractivity contribution >= 4 is 17.2 Å². The van der Waals surface area contributed by atoms with Gasteiger partial charge in [0.05, 0.1) is 18.4 Å². The number of nitrogens with one attached hydrogen (secondary N) is 1. The Kier molecular flexibility index (Phi) is 9.81. The van der Waals surface area contributed by atoms with Gasteiger partial charge in [0.25, 0.3) is 11.5 Å². The Balaban J connectivity index is 1.23. The van der Waals surface area contributed by atoms with Crippen LogP contribution in [0.5, 0.6) is 11.5 Å². The molecule has 4 heterocycles. The quantitative estimate of drug-likeness (QED) is 0.257. The van der Waals surface area contributed by atoms with E-state index in [4.69, 9.17) is 9.47 Å². The van der Waals surface area contributed by atoms with Crippen LogP contribution in [0.15, 0.2) is 53.7 Å². The summed E-state index contributed by atoms with van der Waals surface area (Å²) in [5.74, 6) is -1.47. The van der Waals surface area contributed by atoms with Crippen molar-refractivity contribution in [1.29, 1.82) is 0 Å². The third kappa shape index (κ3) is 7.32. The van der Waals surface area contributed by atoms with Gasteiger partial charge in [0.2, 0.25) is 0 Å². The fourth-order valence-corrected chi connectivity index (χ4v) is 6.70. The number of amides is 1. The molecule has 46 heavy (non-hydrogen) atoms. The first-order valence-corrected chi connectivity index (χ1v) is 16.3. The Hall–Kier alpha value is -4.07. The lowest BCUT2D eigenvalue weighted by Gasteiger charge is -2.39. The van der Waals surface area contributed by atoms with Crippen molar-refractivity contribution in [3.63, 3.8) is 0 Å². The molecule has 0 aliphatic carbocycles. The molecule has 2 aliphatic heterocycles. The van der Waals surface area contributed by atoms with E-state index in [-0.39, 0.29) is 52.3 Å². The van der Waals surface area contributed by atoms with E-state index in [1.807, 2.05) is 13.8 Å². The van der Waals surface area contributed by atoms with Crippen molar-refractivity contribution in [3.05, 3.63) is 87.0 Å². The van der Waals surface area contributed by atoms with Crippen molar-refractivity contribution in [2.45, 2.75) is 64.1 Å². The van der Waals surface area contributed by atoms with Gasteiger partial charge in [-0.25, -0.2) is 13.8 Å². The number of carbonyl (C=O) groups is 1. The maximum Gasteiger partial charge on any atom is 0.254 e. The van der Waals surface area contributed by atoms with E-state index >= 15 is 8.78 Å². The number of carbonyl (C=O) groups excluding carboxylic acids is 1. The van der Waals surface area contributed by atoms with E-state index in [2.05, 4.69) is 25.4 Å². The number of hydrogen-bond donors (Lipinski definition) is 1. The second-order valence-corrected chi connectivity index (χ2v) is 13.0. The van der Waals surface area contributed by atoms with Crippen LogP contribution in [0.3, 0.4) is 0 Å². The minimum absolute atomic E-state index is 0.0746. The van der Waals surface area contributed by atoms with Crippen LogP contribution in [0.25, 0.3) is 10.6 Å². The molecule has 242 valence electrons. The highest BCUT2D eigenvalue weighted by Crippen LogP contribution is 2.34. The topological polar surface area (TPSA) is 111 Å². The fourth-order valence-electron chi connectivity index (χ4n) is 5.83. The Morgan fingerprint density at radius 1 is 1.07 bits per heavy atom. The summed E-state index contributed by atoms with van der Waals surface area (Å²) in [4.78, 5) is 32.2. The van der Waals surface area contributed by atoms with Crippen LogP contribution < -0.4 is 15.6 Å².